The molecule has 30 heavy (non-hydrogen) atoms. The zero-order valence-electron chi connectivity index (χ0n) is 15.4. The first-order chi connectivity index (χ1) is 14.3. The van der Waals surface area contributed by atoms with Crippen LogP contribution in [0.25, 0.3) is 28.5 Å². The van der Waals surface area contributed by atoms with Gasteiger partial charge in [0.05, 0.1) is 23.4 Å². The highest BCUT2D eigenvalue weighted by Crippen LogP contribution is 2.31. The maximum absolute atomic E-state index is 14.3. The van der Waals surface area contributed by atoms with E-state index < -0.39 is 15.8 Å². The second-order valence-electron chi connectivity index (χ2n) is 6.13. The molecule has 0 bridgehead atoms. The van der Waals surface area contributed by atoms with Crippen molar-refractivity contribution in [1.82, 2.24) is 20.0 Å². The van der Waals surface area contributed by atoms with E-state index >= 15 is 0 Å². The SMILES string of the molecule is COc1ccc(-c2cc(-c3n[nH]c(=S)o3)nn2-c2ccc(S(N)(=O)=O)cc2)cc1F. The van der Waals surface area contributed by atoms with Crippen molar-refractivity contribution in [3.05, 3.63) is 59.2 Å². The number of halogens is 1. The Labute approximate surface area is 175 Å². The summed E-state index contributed by atoms with van der Waals surface area (Å²) >= 11 is 4.90. The Balaban J connectivity index is 1.89. The molecule has 2 aromatic carbocycles. The topological polar surface area (TPSA) is 129 Å². The molecule has 3 N–H and O–H groups in total. The fourth-order valence-corrected chi connectivity index (χ4v) is 3.47. The van der Waals surface area contributed by atoms with Crippen molar-refractivity contribution in [2.45, 2.75) is 4.90 Å². The number of nitrogens with one attached hydrogen (secondary N) is 1. The molecule has 0 fully saturated rings. The number of benzene rings is 2. The molecule has 2 aromatic heterocycles. The molecule has 4 rings (SSSR count). The van der Waals surface area contributed by atoms with Crippen LogP contribution in [0.1, 0.15) is 0 Å². The Morgan fingerprint density at radius 2 is 1.93 bits per heavy atom. The molecule has 0 radical (unpaired) electrons. The maximum Gasteiger partial charge on any atom is 0.284 e. The molecule has 0 spiro atoms. The van der Waals surface area contributed by atoms with Gasteiger partial charge in [-0.25, -0.2) is 27.7 Å². The highest BCUT2D eigenvalue weighted by Gasteiger charge is 2.18. The van der Waals surface area contributed by atoms with E-state index in [0.717, 1.165) is 0 Å². The van der Waals surface area contributed by atoms with Crippen molar-refractivity contribution >= 4 is 22.2 Å². The number of primary sulfonamides is 1. The monoisotopic (exact) mass is 447 g/mol. The molecule has 0 aliphatic rings. The first-order valence-electron chi connectivity index (χ1n) is 8.39. The first-order valence-corrected chi connectivity index (χ1v) is 10.3. The van der Waals surface area contributed by atoms with E-state index in [1.54, 1.807) is 12.1 Å². The number of rotatable bonds is 5. The molecular formula is C18H14FN5O4S2. The molecule has 0 aliphatic heterocycles. The molecule has 0 amide bonds. The van der Waals surface area contributed by atoms with Crippen molar-refractivity contribution in [2.75, 3.05) is 7.11 Å². The minimum absolute atomic E-state index is 0.0475. The molecule has 0 aliphatic carbocycles. The number of aromatic amines is 1. The largest absolute Gasteiger partial charge is 0.494 e. The number of methoxy groups -OCH3 is 1. The van der Waals surface area contributed by atoms with Crippen LogP contribution in [0.15, 0.2) is 57.8 Å². The minimum atomic E-state index is -3.85. The van der Waals surface area contributed by atoms with Crippen molar-refractivity contribution in [1.29, 1.82) is 0 Å². The fourth-order valence-electron chi connectivity index (χ4n) is 2.83. The third-order valence-corrected chi connectivity index (χ3v) is 5.33. The Hall–Kier alpha value is -3.35. The molecule has 9 nitrogen and oxygen atoms in total. The number of H-pyrrole nitrogens is 1. The number of nitrogens with zero attached hydrogens (tertiary/aromatic N) is 3. The van der Waals surface area contributed by atoms with Crippen LogP contribution in [-0.2, 0) is 10.0 Å². The van der Waals surface area contributed by atoms with Gasteiger partial charge in [-0.2, -0.15) is 5.10 Å². The van der Waals surface area contributed by atoms with Crippen LogP contribution < -0.4 is 9.88 Å². The van der Waals surface area contributed by atoms with Crippen molar-refractivity contribution in [3.8, 4) is 34.3 Å². The van der Waals surface area contributed by atoms with Gasteiger partial charge in [0.2, 0.25) is 10.0 Å². The summed E-state index contributed by atoms with van der Waals surface area (Å²) in [6.07, 6.45) is 0. The molecule has 0 saturated heterocycles. The van der Waals surface area contributed by atoms with E-state index in [1.807, 2.05) is 0 Å². The van der Waals surface area contributed by atoms with E-state index in [0.29, 0.717) is 22.6 Å². The number of ether oxygens (including phenoxy) is 1. The third kappa shape index (κ3) is 3.75. The Bertz CT molecular complexity index is 1390. The third-order valence-electron chi connectivity index (χ3n) is 4.22. The van der Waals surface area contributed by atoms with Gasteiger partial charge in [-0.15, -0.1) is 5.10 Å². The molecule has 4 aromatic rings. The zero-order chi connectivity index (χ0) is 21.5. The number of nitrogens with two attached hydrogens (primary N) is 1. The van der Waals surface area contributed by atoms with Crippen LogP contribution in [0.4, 0.5) is 4.39 Å². The Kier molecular flexibility index (Phi) is 4.97. The lowest BCUT2D eigenvalue weighted by atomic mass is 10.1. The van der Waals surface area contributed by atoms with Gasteiger partial charge in [-0.3, -0.25) is 0 Å². The smallest absolute Gasteiger partial charge is 0.284 e. The second kappa shape index (κ2) is 7.48. The zero-order valence-corrected chi connectivity index (χ0v) is 17.0. The van der Waals surface area contributed by atoms with Crippen molar-refractivity contribution < 1.29 is 22.0 Å². The summed E-state index contributed by atoms with van der Waals surface area (Å²) in [5.74, 6) is -0.304. The van der Waals surface area contributed by atoms with E-state index in [4.69, 9.17) is 26.5 Å². The van der Waals surface area contributed by atoms with Gasteiger partial charge in [-0.1, -0.05) is 0 Å². The average Bonchev–Trinajstić information content (AvgIpc) is 3.34. The van der Waals surface area contributed by atoms with Gasteiger partial charge in [0.1, 0.15) is 0 Å². The minimum Gasteiger partial charge on any atom is -0.494 e. The number of hydrogen-bond donors (Lipinski definition) is 2. The molecule has 2 heterocycles. The van der Waals surface area contributed by atoms with E-state index in [9.17, 15) is 12.8 Å². The van der Waals surface area contributed by atoms with Crippen LogP contribution >= 0.6 is 12.2 Å². The summed E-state index contributed by atoms with van der Waals surface area (Å²) in [5.41, 5.74) is 1.84. The van der Waals surface area contributed by atoms with Crippen molar-refractivity contribution in [3.63, 3.8) is 0 Å². The summed E-state index contributed by atoms with van der Waals surface area (Å²) in [4.78, 5) is 0.0304. The lowest BCUT2D eigenvalue weighted by Crippen LogP contribution is -2.12. The van der Waals surface area contributed by atoms with Gasteiger partial charge in [0.25, 0.3) is 10.7 Å². The van der Waals surface area contributed by atoms with E-state index in [2.05, 4.69) is 15.3 Å². The van der Waals surface area contributed by atoms with Crippen LogP contribution in [0.3, 0.4) is 0 Å². The van der Waals surface area contributed by atoms with Crippen LogP contribution in [0.2, 0.25) is 0 Å². The normalized spacial score (nSPS) is 11.6. The molecule has 0 saturated carbocycles. The highest BCUT2D eigenvalue weighted by molar-refractivity contribution is 7.89. The van der Waals surface area contributed by atoms with Crippen LogP contribution in [-0.4, -0.2) is 35.5 Å². The molecule has 154 valence electrons. The highest BCUT2D eigenvalue weighted by atomic mass is 32.2. The van der Waals surface area contributed by atoms with E-state index in [-0.39, 0.29) is 21.4 Å². The van der Waals surface area contributed by atoms with Crippen LogP contribution in [0, 0.1) is 10.7 Å². The standard InChI is InChI=1S/C18H14FN5O4S2/c1-27-16-7-2-10(8-13(16)19)15-9-14(17-21-22-18(29)28-17)23-24(15)11-3-5-12(6-4-11)30(20,25)26/h2-9H,1H3,(H,22,29)(H2,20,25,26). The summed E-state index contributed by atoms with van der Waals surface area (Å²) in [7, 11) is -2.47. The fraction of sp³-hybridized carbons (Fsp3) is 0.0556. The number of hydrogen-bond acceptors (Lipinski definition) is 7. The van der Waals surface area contributed by atoms with Gasteiger partial charge in [0.15, 0.2) is 17.3 Å². The maximum atomic E-state index is 14.3. The van der Waals surface area contributed by atoms with E-state index in [1.165, 1.54) is 48.2 Å². The lowest BCUT2D eigenvalue weighted by Gasteiger charge is -2.09. The van der Waals surface area contributed by atoms with Gasteiger partial charge in [-0.05, 0) is 60.7 Å². The average molecular weight is 447 g/mol. The first kappa shape index (κ1) is 19.9. The summed E-state index contributed by atoms with van der Waals surface area (Å²) in [6, 6.07) is 11.9. The summed E-state index contributed by atoms with van der Waals surface area (Å²) < 4.78 is 49.1. The second-order valence-corrected chi connectivity index (χ2v) is 8.07. The number of sulfonamides is 1. The quantitative estimate of drug-likeness (QED) is 0.450. The Morgan fingerprint density at radius 1 is 1.20 bits per heavy atom. The number of aromatic nitrogens is 4. The molecule has 12 heteroatoms. The van der Waals surface area contributed by atoms with Crippen LogP contribution in [0.5, 0.6) is 5.75 Å². The van der Waals surface area contributed by atoms with Gasteiger partial charge < -0.3 is 9.15 Å². The molecule has 0 unspecified atom stereocenters. The van der Waals surface area contributed by atoms with Gasteiger partial charge >= 0.3 is 0 Å². The van der Waals surface area contributed by atoms with Crippen molar-refractivity contribution in [2.24, 2.45) is 5.14 Å². The molecular weight excluding hydrogens is 433 g/mol. The predicted molar refractivity (Wildman–Crippen MR) is 108 cm³/mol. The Morgan fingerprint density at radius 3 is 2.50 bits per heavy atom. The summed E-state index contributed by atoms with van der Waals surface area (Å²) in [6.45, 7) is 0. The summed E-state index contributed by atoms with van der Waals surface area (Å²) in [5, 5.41) is 16.1. The van der Waals surface area contributed by atoms with Gasteiger partial charge in [0, 0.05) is 5.56 Å². The lowest BCUT2D eigenvalue weighted by molar-refractivity contribution is 0.386. The molecule has 0 atom stereocenters. The predicted octanol–water partition coefficient (Wildman–Crippen LogP) is 3.05.